The quantitative estimate of drug-likeness (QED) is 0.316. The molecule has 2 aromatic heterocycles. The molecule has 3 aliphatic rings. The van der Waals surface area contributed by atoms with Gasteiger partial charge >= 0.3 is 0 Å². The third kappa shape index (κ3) is 5.54. The van der Waals surface area contributed by atoms with Crippen LogP contribution in [0.3, 0.4) is 0 Å². The molecule has 2 aromatic carbocycles. The SMILES string of the molecule is C[C@@H](NC(=O)c1coc(C2CN(C(=O)c3cnn(Cc4ccccc4)c3)CC23CN(C(=O)[C@H]2CC2(C)C)C3)n1)c1ccccc1. The number of likely N-dealkylation sites (tertiary alicyclic amines) is 2. The van der Waals surface area contributed by atoms with E-state index in [1.54, 1.807) is 17.1 Å². The van der Waals surface area contributed by atoms with Crippen molar-refractivity contribution in [3.8, 4) is 0 Å². The lowest BCUT2D eigenvalue weighted by atomic mass is 9.71. The third-order valence-corrected chi connectivity index (χ3v) is 9.84. The summed E-state index contributed by atoms with van der Waals surface area (Å²) in [5, 5.41) is 7.43. The van der Waals surface area contributed by atoms with E-state index in [9.17, 15) is 14.4 Å². The number of carbonyl (C=O) groups excluding carboxylic acids is 3. The van der Waals surface area contributed by atoms with Crippen LogP contribution in [0.1, 0.15) is 77.0 Å². The predicted octanol–water partition coefficient (Wildman–Crippen LogP) is 4.52. The van der Waals surface area contributed by atoms with Crippen molar-refractivity contribution in [1.82, 2.24) is 29.9 Å². The molecule has 1 N–H and O–H groups in total. The van der Waals surface area contributed by atoms with Crippen molar-refractivity contribution in [3.05, 3.63) is 108 Å². The maximum atomic E-state index is 13.8. The minimum atomic E-state index is -0.402. The van der Waals surface area contributed by atoms with E-state index in [1.165, 1.54) is 6.26 Å². The Bertz CT molecular complexity index is 1720. The third-order valence-electron chi connectivity index (χ3n) is 9.84. The Hall–Kier alpha value is -4.73. The minimum Gasteiger partial charge on any atom is -0.448 e. The van der Waals surface area contributed by atoms with Gasteiger partial charge in [0.25, 0.3) is 11.8 Å². The molecule has 4 aromatic rings. The zero-order chi connectivity index (χ0) is 31.3. The van der Waals surface area contributed by atoms with E-state index in [1.807, 2.05) is 77.4 Å². The molecule has 3 fully saturated rings. The number of oxazole rings is 1. The molecule has 2 aliphatic heterocycles. The summed E-state index contributed by atoms with van der Waals surface area (Å²) in [6.07, 6.45) is 5.68. The van der Waals surface area contributed by atoms with Gasteiger partial charge < -0.3 is 19.5 Å². The van der Waals surface area contributed by atoms with Crippen LogP contribution in [0.25, 0.3) is 0 Å². The number of hydrogen-bond donors (Lipinski definition) is 1. The maximum Gasteiger partial charge on any atom is 0.273 e. The summed E-state index contributed by atoms with van der Waals surface area (Å²) < 4.78 is 7.72. The Morgan fingerprint density at radius 2 is 1.67 bits per heavy atom. The Kier molecular flexibility index (Phi) is 7.10. The van der Waals surface area contributed by atoms with Crippen molar-refractivity contribution in [3.63, 3.8) is 0 Å². The van der Waals surface area contributed by atoms with Gasteiger partial charge in [-0.05, 0) is 29.9 Å². The van der Waals surface area contributed by atoms with Crippen molar-refractivity contribution < 1.29 is 18.8 Å². The smallest absolute Gasteiger partial charge is 0.273 e. The van der Waals surface area contributed by atoms with E-state index < -0.39 is 5.41 Å². The van der Waals surface area contributed by atoms with Gasteiger partial charge in [-0.25, -0.2) is 4.98 Å². The average Bonchev–Trinajstić information content (AvgIpc) is 3.50. The summed E-state index contributed by atoms with van der Waals surface area (Å²) in [6.45, 7) is 8.63. The second-order valence-corrected chi connectivity index (χ2v) is 13.6. The molecule has 7 rings (SSSR count). The Balaban J connectivity index is 1.09. The number of amides is 3. The van der Waals surface area contributed by atoms with Crippen molar-refractivity contribution in [2.45, 2.75) is 45.7 Å². The molecule has 232 valence electrons. The first-order valence-electron chi connectivity index (χ1n) is 15.6. The molecular formula is C35H38N6O4. The van der Waals surface area contributed by atoms with Crippen LogP contribution in [0.5, 0.6) is 0 Å². The van der Waals surface area contributed by atoms with E-state index in [4.69, 9.17) is 4.42 Å². The molecule has 1 spiro atoms. The van der Waals surface area contributed by atoms with Crippen LogP contribution in [0.2, 0.25) is 0 Å². The van der Waals surface area contributed by atoms with Crippen molar-refractivity contribution in [2.75, 3.05) is 26.2 Å². The van der Waals surface area contributed by atoms with E-state index in [0.29, 0.717) is 44.2 Å². The van der Waals surface area contributed by atoms with E-state index in [0.717, 1.165) is 17.5 Å². The lowest BCUT2D eigenvalue weighted by Crippen LogP contribution is -2.62. The molecule has 0 bridgehead atoms. The molecule has 3 amide bonds. The monoisotopic (exact) mass is 606 g/mol. The van der Waals surface area contributed by atoms with Gasteiger partial charge in [0.1, 0.15) is 6.26 Å². The Morgan fingerprint density at radius 1 is 1.00 bits per heavy atom. The summed E-state index contributed by atoms with van der Waals surface area (Å²) in [6, 6.07) is 19.5. The highest BCUT2D eigenvalue weighted by Crippen LogP contribution is 2.55. The van der Waals surface area contributed by atoms with Gasteiger partial charge in [0, 0.05) is 43.7 Å². The van der Waals surface area contributed by atoms with Gasteiger partial charge in [-0.15, -0.1) is 0 Å². The molecule has 10 nitrogen and oxygen atoms in total. The number of carbonyl (C=O) groups is 3. The van der Waals surface area contributed by atoms with Crippen LogP contribution in [0.15, 0.2) is 83.7 Å². The normalized spacial score (nSPS) is 21.8. The van der Waals surface area contributed by atoms with Gasteiger partial charge in [0.05, 0.1) is 30.3 Å². The van der Waals surface area contributed by atoms with Crippen LogP contribution in [-0.4, -0.2) is 68.5 Å². The second kappa shape index (κ2) is 11.0. The molecular weight excluding hydrogens is 568 g/mol. The topological polar surface area (TPSA) is 114 Å². The molecule has 0 radical (unpaired) electrons. The fourth-order valence-electron chi connectivity index (χ4n) is 6.92. The van der Waals surface area contributed by atoms with Crippen molar-refractivity contribution in [2.24, 2.45) is 16.7 Å². The van der Waals surface area contributed by atoms with Crippen LogP contribution in [0.4, 0.5) is 0 Å². The second-order valence-electron chi connectivity index (χ2n) is 13.6. The van der Waals surface area contributed by atoms with Gasteiger partial charge in [-0.3, -0.25) is 19.1 Å². The Labute approximate surface area is 262 Å². The Morgan fingerprint density at radius 3 is 2.36 bits per heavy atom. The van der Waals surface area contributed by atoms with E-state index >= 15 is 0 Å². The summed E-state index contributed by atoms with van der Waals surface area (Å²) in [5.41, 5.74) is 2.43. The molecule has 10 heteroatoms. The number of benzene rings is 2. The van der Waals surface area contributed by atoms with Crippen molar-refractivity contribution in [1.29, 1.82) is 0 Å². The van der Waals surface area contributed by atoms with Crippen LogP contribution < -0.4 is 5.32 Å². The molecule has 1 unspecified atom stereocenters. The molecule has 1 aliphatic carbocycles. The first-order chi connectivity index (χ1) is 21.6. The fourth-order valence-corrected chi connectivity index (χ4v) is 6.92. The van der Waals surface area contributed by atoms with E-state index in [-0.39, 0.29) is 46.7 Å². The number of aromatic nitrogens is 3. The van der Waals surface area contributed by atoms with E-state index in [2.05, 4.69) is 29.2 Å². The number of nitrogens with one attached hydrogen (secondary N) is 1. The molecule has 1 saturated carbocycles. The highest BCUT2D eigenvalue weighted by Gasteiger charge is 2.61. The zero-order valence-electron chi connectivity index (χ0n) is 25.8. The first kappa shape index (κ1) is 29.0. The largest absolute Gasteiger partial charge is 0.448 e. The highest BCUT2D eigenvalue weighted by atomic mass is 16.3. The molecule has 45 heavy (non-hydrogen) atoms. The molecule has 2 saturated heterocycles. The van der Waals surface area contributed by atoms with Gasteiger partial charge in [0.2, 0.25) is 5.91 Å². The number of nitrogens with zero attached hydrogens (tertiary/aromatic N) is 5. The number of hydrogen-bond acceptors (Lipinski definition) is 6. The van der Waals surface area contributed by atoms with Crippen molar-refractivity contribution >= 4 is 17.7 Å². The van der Waals surface area contributed by atoms with Crippen LogP contribution >= 0.6 is 0 Å². The number of rotatable bonds is 8. The lowest BCUT2D eigenvalue weighted by Gasteiger charge is -2.50. The first-order valence-corrected chi connectivity index (χ1v) is 15.6. The summed E-state index contributed by atoms with van der Waals surface area (Å²) in [7, 11) is 0. The van der Waals surface area contributed by atoms with Crippen LogP contribution in [0, 0.1) is 16.7 Å². The van der Waals surface area contributed by atoms with Crippen LogP contribution in [-0.2, 0) is 11.3 Å². The lowest BCUT2D eigenvalue weighted by molar-refractivity contribution is -0.146. The summed E-state index contributed by atoms with van der Waals surface area (Å²) >= 11 is 0. The minimum absolute atomic E-state index is 0.0402. The molecule has 3 atom stereocenters. The molecule has 4 heterocycles. The van der Waals surface area contributed by atoms with Gasteiger partial charge in [-0.1, -0.05) is 74.5 Å². The summed E-state index contributed by atoms with van der Waals surface area (Å²) in [5.74, 6) is -0.0594. The predicted molar refractivity (Wildman–Crippen MR) is 166 cm³/mol. The standard InChI is InChI=1S/C35H38N6O4/c1-23(25-12-8-5-9-13-25)37-30(42)29-19-45-31(38-29)28-18-39(20-35(28)21-40(22-35)33(44)27-14-34(27,2)3)32(43)26-15-36-41(17-26)16-24-10-6-4-7-11-24/h4-13,15,17,19,23,27-28H,14,16,18,20-22H2,1-3H3,(H,37,42)/t23-,27-,28?/m1/s1. The summed E-state index contributed by atoms with van der Waals surface area (Å²) in [4.78, 5) is 48.5. The van der Waals surface area contributed by atoms with Gasteiger partial charge in [-0.2, -0.15) is 5.10 Å². The fraction of sp³-hybridized carbons (Fsp3) is 0.400. The highest BCUT2D eigenvalue weighted by molar-refractivity contribution is 5.94. The maximum absolute atomic E-state index is 13.8. The average molecular weight is 607 g/mol. The zero-order valence-corrected chi connectivity index (χ0v) is 25.8. The van der Waals surface area contributed by atoms with Gasteiger partial charge in [0.15, 0.2) is 11.6 Å².